The number of rotatable bonds is 7. The van der Waals surface area contributed by atoms with Crippen LogP contribution in [0.3, 0.4) is 0 Å². The molecule has 0 saturated carbocycles. The van der Waals surface area contributed by atoms with E-state index in [2.05, 4.69) is 12.2 Å². The highest BCUT2D eigenvalue weighted by molar-refractivity contribution is 4.67. The molecule has 2 unspecified atom stereocenters. The van der Waals surface area contributed by atoms with Gasteiger partial charge in [0, 0.05) is 19.3 Å². The monoisotopic (exact) mass is 215 g/mol. The van der Waals surface area contributed by atoms with E-state index in [1.165, 1.54) is 19.3 Å². The summed E-state index contributed by atoms with van der Waals surface area (Å²) in [6.45, 7) is 7.80. The normalized spacial score (nSPS) is 24.0. The van der Waals surface area contributed by atoms with Crippen molar-refractivity contribution in [3.05, 3.63) is 0 Å². The van der Waals surface area contributed by atoms with Gasteiger partial charge in [-0.1, -0.05) is 0 Å². The predicted octanol–water partition coefficient (Wildman–Crippen LogP) is 1.96. The lowest BCUT2D eigenvalue weighted by molar-refractivity contribution is 0.0107. The maximum absolute atomic E-state index is 5.67. The molecule has 1 aliphatic rings. The molecule has 0 bridgehead atoms. The summed E-state index contributed by atoms with van der Waals surface area (Å²) in [5.41, 5.74) is 0. The quantitative estimate of drug-likeness (QED) is 0.704. The standard InChI is InChI=1S/C12H25NO2/c1-3-14-10-11(2)13-8-7-12-6-4-5-9-15-12/h11-13H,3-10H2,1-2H3. The molecule has 1 heterocycles. The largest absolute Gasteiger partial charge is 0.380 e. The summed E-state index contributed by atoms with van der Waals surface area (Å²) < 4.78 is 11.0. The van der Waals surface area contributed by atoms with Gasteiger partial charge in [0.1, 0.15) is 0 Å². The average Bonchev–Trinajstić information content (AvgIpc) is 2.28. The van der Waals surface area contributed by atoms with Gasteiger partial charge in [-0.25, -0.2) is 0 Å². The van der Waals surface area contributed by atoms with Crippen LogP contribution in [0.5, 0.6) is 0 Å². The summed E-state index contributed by atoms with van der Waals surface area (Å²) in [6, 6.07) is 0.452. The Bertz CT molecular complexity index is 147. The molecule has 1 fully saturated rings. The first-order chi connectivity index (χ1) is 7.33. The van der Waals surface area contributed by atoms with Gasteiger partial charge in [-0.05, 0) is 46.1 Å². The first-order valence-electron chi connectivity index (χ1n) is 6.25. The lowest BCUT2D eigenvalue weighted by Crippen LogP contribution is -2.33. The molecule has 0 aliphatic carbocycles. The zero-order valence-electron chi connectivity index (χ0n) is 10.1. The van der Waals surface area contributed by atoms with Crippen LogP contribution in [-0.4, -0.2) is 38.5 Å². The Balaban J connectivity index is 1.94. The number of ether oxygens (including phenoxy) is 2. The van der Waals surface area contributed by atoms with Crippen LogP contribution in [0.2, 0.25) is 0 Å². The third kappa shape index (κ3) is 6.13. The van der Waals surface area contributed by atoms with Crippen molar-refractivity contribution in [3.8, 4) is 0 Å². The van der Waals surface area contributed by atoms with Gasteiger partial charge in [-0.3, -0.25) is 0 Å². The highest BCUT2D eigenvalue weighted by Crippen LogP contribution is 2.14. The fraction of sp³-hybridized carbons (Fsp3) is 1.00. The van der Waals surface area contributed by atoms with E-state index in [4.69, 9.17) is 9.47 Å². The molecule has 15 heavy (non-hydrogen) atoms. The Labute approximate surface area is 93.5 Å². The lowest BCUT2D eigenvalue weighted by Gasteiger charge is -2.23. The Morgan fingerprint density at radius 3 is 3.00 bits per heavy atom. The molecular formula is C12H25NO2. The fourth-order valence-electron chi connectivity index (χ4n) is 1.88. The fourth-order valence-corrected chi connectivity index (χ4v) is 1.88. The summed E-state index contributed by atoms with van der Waals surface area (Å²) in [7, 11) is 0. The van der Waals surface area contributed by atoms with Gasteiger partial charge >= 0.3 is 0 Å². The Hall–Kier alpha value is -0.120. The lowest BCUT2D eigenvalue weighted by atomic mass is 10.1. The second-order valence-corrected chi connectivity index (χ2v) is 4.29. The summed E-state index contributed by atoms with van der Waals surface area (Å²) in [4.78, 5) is 0. The van der Waals surface area contributed by atoms with Crippen LogP contribution in [0, 0.1) is 0 Å². The summed E-state index contributed by atoms with van der Waals surface area (Å²) in [5, 5.41) is 3.46. The number of hydrogen-bond donors (Lipinski definition) is 1. The van der Waals surface area contributed by atoms with Gasteiger partial charge in [-0.2, -0.15) is 0 Å². The van der Waals surface area contributed by atoms with Crippen molar-refractivity contribution in [2.75, 3.05) is 26.4 Å². The average molecular weight is 215 g/mol. The smallest absolute Gasteiger partial charge is 0.0616 e. The van der Waals surface area contributed by atoms with E-state index in [1.807, 2.05) is 6.92 Å². The summed E-state index contributed by atoms with van der Waals surface area (Å²) >= 11 is 0. The zero-order valence-corrected chi connectivity index (χ0v) is 10.1. The van der Waals surface area contributed by atoms with Gasteiger partial charge in [-0.15, -0.1) is 0 Å². The van der Waals surface area contributed by atoms with Gasteiger partial charge in [0.15, 0.2) is 0 Å². The highest BCUT2D eigenvalue weighted by atomic mass is 16.5. The zero-order chi connectivity index (χ0) is 10.9. The van der Waals surface area contributed by atoms with Crippen molar-refractivity contribution in [2.45, 2.75) is 51.7 Å². The van der Waals surface area contributed by atoms with Crippen LogP contribution in [0.15, 0.2) is 0 Å². The van der Waals surface area contributed by atoms with Crippen molar-refractivity contribution in [1.29, 1.82) is 0 Å². The van der Waals surface area contributed by atoms with E-state index in [-0.39, 0.29) is 0 Å². The Morgan fingerprint density at radius 1 is 1.47 bits per heavy atom. The molecule has 0 aromatic carbocycles. The number of hydrogen-bond acceptors (Lipinski definition) is 3. The molecule has 90 valence electrons. The summed E-state index contributed by atoms with van der Waals surface area (Å²) in [6.07, 6.45) is 5.44. The SMILES string of the molecule is CCOCC(C)NCCC1CCCCO1. The maximum Gasteiger partial charge on any atom is 0.0616 e. The second kappa shape index (κ2) is 8.08. The molecule has 1 rings (SSSR count). The molecule has 3 heteroatoms. The van der Waals surface area contributed by atoms with E-state index >= 15 is 0 Å². The summed E-state index contributed by atoms with van der Waals surface area (Å²) in [5.74, 6) is 0. The van der Waals surface area contributed by atoms with Crippen molar-refractivity contribution in [2.24, 2.45) is 0 Å². The van der Waals surface area contributed by atoms with Gasteiger partial charge in [0.05, 0.1) is 12.7 Å². The van der Waals surface area contributed by atoms with Crippen molar-refractivity contribution >= 4 is 0 Å². The van der Waals surface area contributed by atoms with Gasteiger partial charge in [0.25, 0.3) is 0 Å². The Morgan fingerprint density at radius 2 is 2.33 bits per heavy atom. The third-order valence-corrected chi connectivity index (χ3v) is 2.81. The van der Waals surface area contributed by atoms with Gasteiger partial charge in [0.2, 0.25) is 0 Å². The molecule has 1 saturated heterocycles. The van der Waals surface area contributed by atoms with Crippen LogP contribution < -0.4 is 5.32 Å². The van der Waals surface area contributed by atoms with Crippen LogP contribution >= 0.6 is 0 Å². The van der Waals surface area contributed by atoms with Crippen molar-refractivity contribution < 1.29 is 9.47 Å². The van der Waals surface area contributed by atoms with Crippen molar-refractivity contribution in [1.82, 2.24) is 5.32 Å². The Kier molecular flexibility index (Phi) is 6.98. The van der Waals surface area contributed by atoms with Crippen molar-refractivity contribution in [3.63, 3.8) is 0 Å². The molecular weight excluding hydrogens is 190 g/mol. The first kappa shape index (κ1) is 12.9. The molecule has 0 aromatic rings. The minimum atomic E-state index is 0.452. The van der Waals surface area contributed by atoms with Crippen LogP contribution in [0.25, 0.3) is 0 Å². The van der Waals surface area contributed by atoms with Crippen LogP contribution in [0.4, 0.5) is 0 Å². The molecule has 1 N–H and O–H groups in total. The van der Waals surface area contributed by atoms with Gasteiger partial charge < -0.3 is 14.8 Å². The molecule has 0 aromatic heterocycles. The van der Waals surface area contributed by atoms with Crippen LogP contribution in [0.1, 0.15) is 39.5 Å². The van der Waals surface area contributed by atoms with Crippen LogP contribution in [-0.2, 0) is 9.47 Å². The molecule has 1 aliphatic heterocycles. The maximum atomic E-state index is 5.67. The van der Waals surface area contributed by atoms with E-state index in [1.54, 1.807) is 0 Å². The molecule has 3 nitrogen and oxygen atoms in total. The molecule has 0 radical (unpaired) electrons. The predicted molar refractivity (Wildman–Crippen MR) is 62.2 cm³/mol. The van der Waals surface area contributed by atoms with E-state index < -0.39 is 0 Å². The minimum absolute atomic E-state index is 0.452. The topological polar surface area (TPSA) is 30.5 Å². The molecule has 0 amide bonds. The first-order valence-corrected chi connectivity index (χ1v) is 6.25. The number of nitrogens with one attached hydrogen (secondary N) is 1. The molecule has 2 atom stereocenters. The van der Waals surface area contributed by atoms with E-state index in [9.17, 15) is 0 Å². The second-order valence-electron chi connectivity index (χ2n) is 4.29. The van der Waals surface area contributed by atoms with E-state index in [0.717, 1.165) is 32.8 Å². The third-order valence-electron chi connectivity index (χ3n) is 2.81. The minimum Gasteiger partial charge on any atom is -0.380 e. The molecule has 0 spiro atoms. The van der Waals surface area contributed by atoms with E-state index in [0.29, 0.717) is 12.1 Å². The highest BCUT2D eigenvalue weighted by Gasteiger charge is 2.13.